The molecule has 0 saturated carbocycles. The van der Waals surface area contributed by atoms with Gasteiger partial charge >= 0.3 is 0 Å². The van der Waals surface area contributed by atoms with Crippen molar-refractivity contribution in [2.24, 2.45) is 0 Å². The van der Waals surface area contributed by atoms with Crippen molar-refractivity contribution in [3.8, 4) is 5.75 Å². The lowest BCUT2D eigenvalue weighted by Crippen LogP contribution is -2.25. The van der Waals surface area contributed by atoms with Crippen LogP contribution >= 0.6 is 0 Å². The van der Waals surface area contributed by atoms with Gasteiger partial charge in [-0.2, -0.15) is 0 Å². The van der Waals surface area contributed by atoms with E-state index in [9.17, 15) is 0 Å². The zero-order valence-corrected chi connectivity index (χ0v) is 11.9. The fourth-order valence-corrected chi connectivity index (χ4v) is 3.01. The number of benzene rings is 2. The maximum Gasteiger partial charge on any atom is 0.203 e. The van der Waals surface area contributed by atoms with Crippen LogP contribution < -0.4 is 10.1 Å². The number of methoxy groups -OCH3 is 1. The highest BCUT2D eigenvalue weighted by molar-refractivity contribution is 5.78. The Morgan fingerprint density at radius 1 is 1.19 bits per heavy atom. The minimum Gasteiger partial charge on any atom is -0.497 e. The largest absolute Gasteiger partial charge is 0.497 e. The molecule has 0 bridgehead atoms. The first-order chi connectivity index (χ1) is 10.3. The topological polar surface area (TPSA) is 39.1 Å². The Morgan fingerprint density at radius 2 is 2.10 bits per heavy atom. The van der Waals surface area contributed by atoms with Crippen molar-refractivity contribution in [3.63, 3.8) is 0 Å². The standard InChI is InChI=1S/C17H17N3O/c1-21-14-6-4-5-12(9-14)13-10-18-17-19-15-7-2-3-8-16(15)20(17)11-13/h2-9,13H,10-11H2,1H3,(H,18,19). The predicted octanol–water partition coefficient (Wildman–Crippen LogP) is 3.25. The number of hydrogen-bond acceptors (Lipinski definition) is 3. The van der Waals surface area contributed by atoms with Gasteiger partial charge in [0.25, 0.3) is 0 Å². The lowest BCUT2D eigenvalue weighted by Gasteiger charge is -2.26. The number of imidazole rings is 1. The Balaban J connectivity index is 1.72. The van der Waals surface area contributed by atoms with Gasteiger partial charge in [-0.15, -0.1) is 0 Å². The SMILES string of the molecule is COc1cccc(C2CNc3nc4ccccc4n3C2)c1. The first kappa shape index (κ1) is 12.3. The van der Waals surface area contributed by atoms with Crippen LogP contribution in [0.3, 0.4) is 0 Å². The molecule has 0 radical (unpaired) electrons. The Hall–Kier alpha value is -2.49. The van der Waals surface area contributed by atoms with Gasteiger partial charge in [-0.1, -0.05) is 24.3 Å². The Labute approximate surface area is 123 Å². The second kappa shape index (κ2) is 4.81. The fourth-order valence-electron chi connectivity index (χ4n) is 3.01. The number of hydrogen-bond donors (Lipinski definition) is 1. The number of para-hydroxylation sites is 2. The summed E-state index contributed by atoms with van der Waals surface area (Å²) < 4.78 is 7.60. The van der Waals surface area contributed by atoms with Gasteiger partial charge in [0.15, 0.2) is 0 Å². The minimum absolute atomic E-state index is 0.421. The molecule has 0 fully saturated rings. The van der Waals surface area contributed by atoms with E-state index in [2.05, 4.69) is 51.3 Å². The van der Waals surface area contributed by atoms with E-state index < -0.39 is 0 Å². The summed E-state index contributed by atoms with van der Waals surface area (Å²) in [5, 5.41) is 3.45. The van der Waals surface area contributed by atoms with Crippen LogP contribution in [0.2, 0.25) is 0 Å². The van der Waals surface area contributed by atoms with Crippen molar-refractivity contribution >= 4 is 17.0 Å². The molecule has 21 heavy (non-hydrogen) atoms. The highest BCUT2D eigenvalue weighted by atomic mass is 16.5. The number of fused-ring (bicyclic) bond motifs is 3. The molecule has 2 heterocycles. The number of rotatable bonds is 2. The molecule has 2 aromatic carbocycles. The molecule has 0 aliphatic carbocycles. The molecule has 0 spiro atoms. The van der Waals surface area contributed by atoms with Crippen molar-refractivity contribution in [2.75, 3.05) is 19.0 Å². The average Bonchev–Trinajstić information content (AvgIpc) is 2.92. The van der Waals surface area contributed by atoms with E-state index in [1.54, 1.807) is 7.11 Å². The maximum atomic E-state index is 5.33. The summed E-state index contributed by atoms with van der Waals surface area (Å²) in [6, 6.07) is 16.6. The second-order valence-corrected chi connectivity index (χ2v) is 5.39. The molecule has 1 atom stereocenters. The maximum absolute atomic E-state index is 5.33. The number of ether oxygens (including phenoxy) is 1. The summed E-state index contributed by atoms with van der Waals surface area (Å²) in [6.07, 6.45) is 0. The van der Waals surface area contributed by atoms with Crippen molar-refractivity contribution < 1.29 is 4.74 Å². The average molecular weight is 279 g/mol. The molecule has 1 aromatic heterocycles. The van der Waals surface area contributed by atoms with Gasteiger partial charge in [0.2, 0.25) is 5.95 Å². The zero-order chi connectivity index (χ0) is 14.2. The summed E-state index contributed by atoms with van der Waals surface area (Å²) in [5.41, 5.74) is 3.53. The van der Waals surface area contributed by atoms with Crippen LogP contribution in [0.1, 0.15) is 11.5 Å². The van der Waals surface area contributed by atoms with E-state index in [-0.39, 0.29) is 0 Å². The fraction of sp³-hybridized carbons (Fsp3) is 0.235. The van der Waals surface area contributed by atoms with E-state index in [1.165, 1.54) is 11.1 Å². The summed E-state index contributed by atoms with van der Waals surface area (Å²) in [5.74, 6) is 2.30. The van der Waals surface area contributed by atoms with Gasteiger partial charge < -0.3 is 14.6 Å². The number of aromatic nitrogens is 2. The molecule has 1 unspecified atom stereocenters. The van der Waals surface area contributed by atoms with Crippen LogP contribution in [0.25, 0.3) is 11.0 Å². The molecule has 4 heteroatoms. The van der Waals surface area contributed by atoms with Crippen LogP contribution in [-0.2, 0) is 6.54 Å². The summed E-state index contributed by atoms with van der Waals surface area (Å²) >= 11 is 0. The quantitative estimate of drug-likeness (QED) is 0.782. The van der Waals surface area contributed by atoms with Gasteiger partial charge in [0.05, 0.1) is 18.1 Å². The Kier molecular flexibility index (Phi) is 2.81. The van der Waals surface area contributed by atoms with Crippen molar-refractivity contribution in [1.29, 1.82) is 0 Å². The molecule has 3 aromatic rings. The molecule has 0 amide bonds. The van der Waals surface area contributed by atoms with Gasteiger partial charge in [-0.3, -0.25) is 0 Å². The highest BCUT2D eigenvalue weighted by Crippen LogP contribution is 2.30. The summed E-state index contributed by atoms with van der Waals surface area (Å²) in [7, 11) is 1.71. The molecule has 4 rings (SSSR count). The molecule has 0 saturated heterocycles. The molecule has 4 nitrogen and oxygen atoms in total. The van der Waals surface area contributed by atoms with Crippen LogP contribution in [0.4, 0.5) is 5.95 Å². The Morgan fingerprint density at radius 3 is 3.00 bits per heavy atom. The third-order valence-electron chi connectivity index (χ3n) is 4.13. The van der Waals surface area contributed by atoms with Crippen LogP contribution in [0.5, 0.6) is 5.75 Å². The van der Waals surface area contributed by atoms with Gasteiger partial charge in [-0.25, -0.2) is 4.98 Å². The number of anilines is 1. The van der Waals surface area contributed by atoms with E-state index in [0.29, 0.717) is 5.92 Å². The zero-order valence-electron chi connectivity index (χ0n) is 11.9. The Bertz CT molecular complexity index is 794. The van der Waals surface area contributed by atoms with Crippen molar-refractivity contribution in [2.45, 2.75) is 12.5 Å². The van der Waals surface area contributed by atoms with Crippen LogP contribution in [-0.4, -0.2) is 23.2 Å². The molecule has 1 aliphatic rings. The summed E-state index contributed by atoms with van der Waals surface area (Å²) in [4.78, 5) is 4.64. The van der Waals surface area contributed by atoms with Crippen LogP contribution in [0, 0.1) is 0 Å². The van der Waals surface area contributed by atoms with Gasteiger partial charge in [0, 0.05) is 19.0 Å². The molecule has 1 aliphatic heterocycles. The predicted molar refractivity (Wildman–Crippen MR) is 84.0 cm³/mol. The molecule has 1 N–H and O–H groups in total. The number of nitrogens with one attached hydrogen (secondary N) is 1. The summed E-state index contributed by atoms with van der Waals surface area (Å²) in [6.45, 7) is 1.84. The van der Waals surface area contributed by atoms with Crippen LogP contribution in [0.15, 0.2) is 48.5 Å². The first-order valence-corrected chi connectivity index (χ1v) is 7.18. The third kappa shape index (κ3) is 2.03. The lowest BCUT2D eigenvalue weighted by atomic mass is 9.97. The first-order valence-electron chi connectivity index (χ1n) is 7.18. The molecular weight excluding hydrogens is 262 g/mol. The molecular formula is C17H17N3O. The van der Waals surface area contributed by atoms with Gasteiger partial charge in [0.1, 0.15) is 5.75 Å². The minimum atomic E-state index is 0.421. The van der Waals surface area contributed by atoms with Crippen molar-refractivity contribution in [1.82, 2.24) is 9.55 Å². The number of nitrogens with zero attached hydrogens (tertiary/aromatic N) is 2. The molecule has 106 valence electrons. The second-order valence-electron chi connectivity index (χ2n) is 5.39. The smallest absolute Gasteiger partial charge is 0.203 e. The van der Waals surface area contributed by atoms with E-state index in [0.717, 1.165) is 30.3 Å². The lowest BCUT2D eigenvalue weighted by molar-refractivity contribution is 0.413. The third-order valence-corrected chi connectivity index (χ3v) is 4.13. The normalized spacial score (nSPS) is 17.3. The van der Waals surface area contributed by atoms with Gasteiger partial charge in [-0.05, 0) is 29.8 Å². The highest BCUT2D eigenvalue weighted by Gasteiger charge is 2.22. The van der Waals surface area contributed by atoms with Crippen molar-refractivity contribution in [3.05, 3.63) is 54.1 Å². The van der Waals surface area contributed by atoms with E-state index in [4.69, 9.17) is 4.74 Å². The monoisotopic (exact) mass is 279 g/mol. The van der Waals surface area contributed by atoms with E-state index >= 15 is 0 Å². The van der Waals surface area contributed by atoms with E-state index in [1.807, 2.05) is 12.1 Å².